The van der Waals surface area contributed by atoms with E-state index in [0.29, 0.717) is 6.42 Å². The molecular weight excluding hydrogens is 196 g/mol. The van der Waals surface area contributed by atoms with Crippen molar-refractivity contribution >= 4 is 0 Å². The maximum absolute atomic E-state index is 13.1. The number of aryl methyl sites for hydroxylation is 1. The second kappa shape index (κ2) is 3.27. The van der Waals surface area contributed by atoms with Gasteiger partial charge in [0.2, 0.25) is 5.92 Å². The van der Waals surface area contributed by atoms with Gasteiger partial charge in [0.15, 0.2) is 0 Å². The third-order valence-corrected chi connectivity index (χ3v) is 3.14. The molecule has 1 aromatic carbocycles. The highest BCUT2D eigenvalue weighted by Gasteiger charge is 2.47. The summed E-state index contributed by atoms with van der Waals surface area (Å²) < 4.78 is 26.2. The van der Waals surface area contributed by atoms with E-state index in [1.54, 1.807) is 0 Å². The topological polar surface area (TPSA) is 26.0 Å². The first kappa shape index (κ1) is 10.6. The second-order valence-electron chi connectivity index (χ2n) is 4.55. The molecule has 1 saturated carbocycles. The Hall–Kier alpha value is -0.960. The fourth-order valence-corrected chi connectivity index (χ4v) is 2.18. The number of hydrogen-bond acceptors (Lipinski definition) is 1. The number of rotatable bonds is 1. The standard InChI is InChI=1S/C12H15F2N/c1-9-2-4-10(5-3-9)11(15)6-7-12(13,14)8-11/h2-5H,6-8,15H2,1H3. The van der Waals surface area contributed by atoms with Crippen molar-refractivity contribution in [2.24, 2.45) is 5.73 Å². The van der Waals surface area contributed by atoms with Crippen molar-refractivity contribution in [3.8, 4) is 0 Å². The van der Waals surface area contributed by atoms with Crippen LogP contribution in [0.5, 0.6) is 0 Å². The van der Waals surface area contributed by atoms with Crippen molar-refractivity contribution in [3.05, 3.63) is 35.4 Å². The van der Waals surface area contributed by atoms with Crippen LogP contribution in [0.2, 0.25) is 0 Å². The first-order chi connectivity index (χ1) is 6.91. The van der Waals surface area contributed by atoms with Crippen LogP contribution in [0.1, 0.15) is 30.4 Å². The van der Waals surface area contributed by atoms with Crippen molar-refractivity contribution in [1.29, 1.82) is 0 Å². The summed E-state index contributed by atoms with van der Waals surface area (Å²) in [5.41, 5.74) is 7.13. The van der Waals surface area contributed by atoms with Crippen molar-refractivity contribution in [3.63, 3.8) is 0 Å². The molecule has 1 atom stereocenters. The minimum atomic E-state index is -2.60. The highest BCUT2D eigenvalue weighted by molar-refractivity contribution is 5.29. The molecule has 15 heavy (non-hydrogen) atoms. The second-order valence-corrected chi connectivity index (χ2v) is 4.55. The van der Waals surface area contributed by atoms with Gasteiger partial charge in [-0.25, -0.2) is 8.78 Å². The van der Waals surface area contributed by atoms with Gasteiger partial charge in [0.05, 0.1) is 0 Å². The SMILES string of the molecule is Cc1ccc(C2(N)CCC(F)(F)C2)cc1. The van der Waals surface area contributed by atoms with Gasteiger partial charge in [-0.15, -0.1) is 0 Å². The quantitative estimate of drug-likeness (QED) is 0.759. The molecule has 0 aromatic heterocycles. The summed E-state index contributed by atoms with van der Waals surface area (Å²) in [6, 6.07) is 7.55. The first-order valence-corrected chi connectivity index (χ1v) is 5.15. The van der Waals surface area contributed by atoms with E-state index in [1.807, 2.05) is 31.2 Å². The fourth-order valence-electron chi connectivity index (χ4n) is 2.18. The van der Waals surface area contributed by atoms with Gasteiger partial charge in [0.25, 0.3) is 0 Å². The molecule has 1 unspecified atom stereocenters. The lowest BCUT2D eigenvalue weighted by Crippen LogP contribution is -2.35. The Balaban J connectivity index is 2.27. The Morgan fingerprint density at radius 1 is 1.13 bits per heavy atom. The van der Waals surface area contributed by atoms with Gasteiger partial charge in [0.1, 0.15) is 0 Å². The van der Waals surface area contributed by atoms with Gasteiger partial charge < -0.3 is 5.73 Å². The smallest absolute Gasteiger partial charge is 0.250 e. The van der Waals surface area contributed by atoms with Crippen LogP contribution in [0.3, 0.4) is 0 Å². The number of benzene rings is 1. The van der Waals surface area contributed by atoms with Gasteiger partial charge in [-0.05, 0) is 18.9 Å². The molecule has 2 N–H and O–H groups in total. The zero-order valence-corrected chi connectivity index (χ0v) is 8.76. The third kappa shape index (κ3) is 2.02. The highest BCUT2D eigenvalue weighted by atomic mass is 19.3. The van der Waals surface area contributed by atoms with E-state index in [2.05, 4.69) is 0 Å². The third-order valence-electron chi connectivity index (χ3n) is 3.14. The highest BCUT2D eigenvalue weighted by Crippen LogP contribution is 2.45. The van der Waals surface area contributed by atoms with Gasteiger partial charge in [-0.2, -0.15) is 0 Å². The van der Waals surface area contributed by atoms with Crippen LogP contribution < -0.4 is 5.73 Å². The van der Waals surface area contributed by atoms with E-state index in [-0.39, 0.29) is 12.8 Å². The van der Waals surface area contributed by atoms with Crippen molar-refractivity contribution in [1.82, 2.24) is 0 Å². The van der Waals surface area contributed by atoms with Gasteiger partial charge in [0, 0.05) is 18.4 Å². The number of nitrogens with two attached hydrogens (primary N) is 1. The molecule has 0 amide bonds. The van der Waals surface area contributed by atoms with Crippen molar-refractivity contribution in [2.45, 2.75) is 37.6 Å². The summed E-state index contributed by atoms with van der Waals surface area (Å²) in [7, 11) is 0. The molecule has 1 fully saturated rings. The monoisotopic (exact) mass is 211 g/mol. The lowest BCUT2D eigenvalue weighted by atomic mass is 9.89. The normalized spacial score (nSPS) is 29.3. The predicted octanol–water partition coefficient (Wildman–Crippen LogP) is 2.97. The van der Waals surface area contributed by atoms with Crippen LogP contribution in [0, 0.1) is 6.92 Å². The molecular formula is C12H15F2N. The van der Waals surface area contributed by atoms with Crippen LogP contribution >= 0.6 is 0 Å². The van der Waals surface area contributed by atoms with Gasteiger partial charge in [-0.1, -0.05) is 29.8 Å². The Kier molecular flexibility index (Phi) is 2.30. The molecule has 82 valence electrons. The zero-order valence-electron chi connectivity index (χ0n) is 8.76. The van der Waals surface area contributed by atoms with Crippen LogP contribution in [0.25, 0.3) is 0 Å². The fraction of sp³-hybridized carbons (Fsp3) is 0.500. The Morgan fingerprint density at radius 3 is 2.20 bits per heavy atom. The molecule has 0 heterocycles. The Labute approximate surface area is 88.3 Å². The summed E-state index contributed by atoms with van der Waals surface area (Å²) in [5, 5.41) is 0. The van der Waals surface area contributed by atoms with Crippen LogP contribution in [0.15, 0.2) is 24.3 Å². The first-order valence-electron chi connectivity index (χ1n) is 5.15. The van der Waals surface area contributed by atoms with Crippen molar-refractivity contribution in [2.75, 3.05) is 0 Å². The maximum atomic E-state index is 13.1. The molecule has 0 saturated heterocycles. The predicted molar refractivity (Wildman–Crippen MR) is 55.8 cm³/mol. The Bertz CT molecular complexity index is 358. The van der Waals surface area contributed by atoms with Crippen LogP contribution in [-0.2, 0) is 5.54 Å². The lowest BCUT2D eigenvalue weighted by Gasteiger charge is -2.24. The van der Waals surface area contributed by atoms with E-state index in [4.69, 9.17) is 5.73 Å². The van der Waals surface area contributed by atoms with Crippen molar-refractivity contribution < 1.29 is 8.78 Å². The van der Waals surface area contributed by atoms with E-state index < -0.39 is 11.5 Å². The molecule has 1 nitrogen and oxygen atoms in total. The Morgan fingerprint density at radius 2 is 1.73 bits per heavy atom. The lowest BCUT2D eigenvalue weighted by molar-refractivity contribution is 0.00291. The van der Waals surface area contributed by atoms with Crippen LogP contribution in [-0.4, -0.2) is 5.92 Å². The largest absolute Gasteiger partial charge is 0.321 e. The molecule has 0 spiro atoms. The number of alkyl halides is 2. The van der Waals surface area contributed by atoms with E-state index >= 15 is 0 Å². The average Bonchev–Trinajstić information content (AvgIpc) is 2.43. The summed E-state index contributed by atoms with van der Waals surface area (Å²) in [6.07, 6.45) is 0.0312. The molecule has 3 heteroatoms. The van der Waals surface area contributed by atoms with E-state index in [0.717, 1.165) is 11.1 Å². The van der Waals surface area contributed by atoms with Crippen LogP contribution in [0.4, 0.5) is 8.78 Å². The summed E-state index contributed by atoms with van der Waals surface area (Å²) in [6.45, 7) is 1.97. The van der Waals surface area contributed by atoms with Gasteiger partial charge >= 0.3 is 0 Å². The molecule has 1 aliphatic carbocycles. The molecule has 0 aliphatic heterocycles. The molecule has 0 radical (unpaired) electrons. The molecule has 1 aromatic rings. The molecule has 0 bridgehead atoms. The maximum Gasteiger partial charge on any atom is 0.250 e. The molecule has 2 rings (SSSR count). The minimum absolute atomic E-state index is 0.0998. The van der Waals surface area contributed by atoms with E-state index in [1.165, 1.54) is 0 Å². The number of halogens is 2. The summed E-state index contributed by atoms with van der Waals surface area (Å²) in [4.78, 5) is 0. The number of hydrogen-bond donors (Lipinski definition) is 1. The average molecular weight is 211 g/mol. The van der Waals surface area contributed by atoms with E-state index in [9.17, 15) is 8.78 Å². The summed E-state index contributed by atoms with van der Waals surface area (Å²) in [5.74, 6) is -2.60. The zero-order chi connectivity index (χ0) is 11.1. The minimum Gasteiger partial charge on any atom is -0.321 e. The molecule has 1 aliphatic rings. The summed E-state index contributed by atoms with van der Waals surface area (Å²) >= 11 is 0. The van der Waals surface area contributed by atoms with Gasteiger partial charge in [-0.3, -0.25) is 0 Å².